The Hall–Kier alpha value is -0.430. The minimum absolute atomic E-state index is 0.122. The van der Waals surface area contributed by atoms with Crippen LogP contribution in [0.1, 0.15) is 30.5 Å². The Morgan fingerprint density at radius 1 is 1.39 bits per heavy atom. The van der Waals surface area contributed by atoms with Crippen LogP contribution in [0, 0.1) is 18.8 Å². The van der Waals surface area contributed by atoms with Crippen LogP contribution in [0.2, 0.25) is 0 Å². The lowest BCUT2D eigenvalue weighted by Crippen LogP contribution is -2.30. The van der Waals surface area contributed by atoms with Gasteiger partial charge in [0, 0.05) is 16.3 Å². The van der Waals surface area contributed by atoms with Gasteiger partial charge in [-0.1, -0.05) is 20.8 Å². The van der Waals surface area contributed by atoms with Gasteiger partial charge in [-0.2, -0.15) is 0 Å². The largest absolute Gasteiger partial charge is 0.391 e. The molecule has 6 heteroatoms. The molecule has 0 radical (unpaired) electrons. The van der Waals surface area contributed by atoms with E-state index in [0.717, 1.165) is 0 Å². The van der Waals surface area contributed by atoms with E-state index in [-0.39, 0.29) is 17.4 Å². The summed E-state index contributed by atoms with van der Waals surface area (Å²) in [6.07, 6.45) is 0. The van der Waals surface area contributed by atoms with Gasteiger partial charge in [0.1, 0.15) is 0 Å². The SMILES string of the molecule is Cc1sc(CO)cc1S(=O)(=O)NCC(C)C(C)C. The van der Waals surface area contributed by atoms with Crippen molar-refractivity contribution in [2.45, 2.75) is 39.2 Å². The van der Waals surface area contributed by atoms with Gasteiger partial charge in [-0.3, -0.25) is 0 Å². The molecule has 1 unspecified atom stereocenters. The molecule has 4 nitrogen and oxygen atoms in total. The average Bonchev–Trinajstić information content (AvgIpc) is 2.68. The zero-order valence-electron chi connectivity index (χ0n) is 11.2. The smallest absolute Gasteiger partial charge is 0.241 e. The third-order valence-electron chi connectivity index (χ3n) is 3.10. The van der Waals surface area contributed by atoms with E-state index in [1.165, 1.54) is 11.3 Å². The number of aryl methyl sites for hydroxylation is 1. The summed E-state index contributed by atoms with van der Waals surface area (Å²) < 4.78 is 26.9. The van der Waals surface area contributed by atoms with E-state index in [0.29, 0.717) is 22.2 Å². The van der Waals surface area contributed by atoms with Gasteiger partial charge in [0.15, 0.2) is 0 Å². The standard InChI is InChI=1S/C12H21NO3S2/c1-8(2)9(3)6-13-18(15,16)12-5-11(7-14)17-10(12)4/h5,8-9,13-14H,6-7H2,1-4H3. The predicted octanol–water partition coefficient (Wildman–Crippen LogP) is 2.12. The maximum atomic E-state index is 12.1. The molecule has 0 aliphatic carbocycles. The van der Waals surface area contributed by atoms with Gasteiger partial charge < -0.3 is 5.11 Å². The third-order valence-corrected chi connectivity index (χ3v) is 5.82. The highest BCUT2D eigenvalue weighted by atomic mass is 32.2. The van der Waals surface area contributed by atoms with Crippen LogP contribution in [0.15, 0.2) is 11.0 Å². The van der Waals surface area contributed by atoms with E-state index < -0.39 is 10.0 Å². The molecule has 104 valence electrons. The minimum atomic E-state index is -3.46. The van der Waals surface area contributed by atoms with E-state index >= 15 is 0 Å². The van der Waals surface area contributed by atoms with E-state index in [9.17, 15) is 8.42 Å². The second-order valence-electron chi connectivity index (χ2n) is 4.86. The van der Waals surface area contributed by atoms with Crippen molar-refractivity contribution >= 4 is 21.4 Å². The van der Waals surface area contributed by atoms with Crippen LogP contribution in [-0.4, -0.2) is 20.1 Å². The fourth-order valence-corrected chi connectivity index (χ4v) is 4.06. The van der Waals surface area contributed by atoms with Crippen LogP contribution in [0.25, 0.3) is 0 Å². The van der Waals surface area contributed by atoms with E-state index in [1.54, 1.807) is 13.0 Å². The fraction of sp³-hybridized carbons (Fsp3) is 0.667. The Kier molecular flexibility index (Phi) is 5.33. The van der Waals surface area contributed by atoms with Crippen molar-refractivity contribution in [2.75, 3.05) is 6.54 Å². The molecule has 0 bridgehead atoms. The zero-order valence-corrected chi connectivity index (χ0v) is 12.9. The van der Waals surface area contributed by atoms with Gasteiger partial charge in [-0.15, -0.1) is 11.3 Å². The lowest BCUT2D eigenvalue weighted by atomic mass is 9.99. The van der Waals surface area contributed by atoms with Crippen LogP contribution in [-0.2, 0) is 16.6 Å². The van der Waals surface area contributed by atoms with Crippen molar-refractivity contribution in [3.63, 3.8) is 0 Å². The molecule has 0 spiro atoms. The lowest BCUT2D eigenvalue weighted by Gasteiger charge is -2.16. The summed E-state index contributed by atoms with van der Waals surface area (Å²) in [5.74, 6) is 0.723. The van der Waals surface area contributed by atoms with Crippen molar-refractivity contribution in [3.8, 4) is 0 Å². The highest BCUT2D eigenvalue weighted by Crippen LogP contribution is 2.25. The lowest BCUT2D eigenvalue weighted by molar-refractivity contribution is 0.285. The number of rotatable bonds is 6. The zero-order chi connectivity index (χ0) is 13.9. The van der Waals surface area contributed by atoms with E-state index in [1.807, 2.05) is 6.92 Å². The van der Waals surface area contributed by atoms with Crippen LogP contribution in [0.4, 0.5) is 0 Å². The number of sulfonamides is 1. The molecule has 0 aromatic carbocycles. The number of nitrogens with one attached hydrogen (secondary N) is 1. The molecule has 1 aromatic heterocycles. The quantitative estimate of drug-likeness (QED) is 0.843. The summed E-state index contributed by atoms with van der Waals surface area (Å²) in [5.41, 5.74) is 0. The molecule has 0 aliphatic rings. The van der Waals surface area contributed by atoms with Crippen molar-refractivity contribution in [2.24, 2.45) is 11.8 Å². The summed E-state index contributed by atoms with van der Waals surface area (Å²) in [7, 11) is -3.46. The van der Waals surface area contributed by atoms with Gasteiger partial charge in [-0.05, 0) is 24.8 Å². The molecule has 2 N–H and O–H groups in total. The first kappa shape index (κ1) is 15.6. The molecular formula is C12H21NO3S2. The molecule has 0 saturated heterocycles. The predicted molar refractivity (Wildman–Crippen MR) is 74.2 cm³/mol. The highest BCUT2D eigenvalue weighted by Gasteiger charge is 2.20. The van der Waals surface area contributed by atoms with Crippen LogP contribution >= 0.6 is 11.3 Å². The van der Waals surface area contributed by atoms with Crippen LogP contribution in [0.5, 0.6) is 0 Å². The van der Waals surface area contributed by atoms with Crippen molar-refractivity contribution in [1.29, 1.82) is 0 Å². The summed E-state index contributed by atoms with van der Waals surface area (Å²) in [6, 6.07) is 1.54. The van der Waals surface area contributed by atoms with Gasteiger partial charge in [0.25, 0.3) is 0 Å². The maximum Gasteiger partial charge on any atom is 0.241 e. The molecule has 1 rings (SSSR count). The topological polar surface area (TPSA) is 66.4 Å². The number of aliphatic hydroxyl groups is 1. The minimum Gasteiger partial charge on any atom is -0.391 e. The average molecular weight is 291 g/mol. The second kappa shape index (κ2) is 6.14. The molecule has 0 saturated carbocycles. The Morgan fingerprint density at radius 2 is 2.00 bits per heavy atom. The molecule has 1 aromatic rings. The van der Waals surface area contributed by atoms with Gasteiger partial charge >= 0.3 is 0 Å². The van der Waals surface area contributed by atoms with Gasteiger partial charge in [-0.25, -0.2) is 13.1 Å². The molecule has 0 aliphatic heterocycles. The first-order chi connectivity index (χ1) is 8.27. The van der Waals surface area contributed by atoms with Crippen molar-refractivity contribution in [1.82, 2.24) is 4.72 Å². The molecule has 1 atom stereocenters. The Labute approximate surface area is 113 Å². The third kappa shape index (κ3) is 3.78. The highest BCUT2D eigenvalue weighted by molar-refractivity contribution is 7.89. The second-order valence-corrected chi connectivity index (χ2v) is 7.94. The summed E-state index contributed by atoms with van der Waals surface area (Å²) in [4.78, 5) is 1.67. The molecule has 0 amide bonds. The number of aliphatic hydroxyl groups excluding tert-OH is 1. The first-order valence-electron chi connectivity index (χ1n) is 5.97. The fourth-order valence-electron chi connectivity index (χ4n) is 1.42. The van der Waals surface area contributed by atoms with Gasteiger partial charge in [0.2, 0.25) is 10.0 Å². The normalized spacial score (nSPS) is 14.1. The van der Waals surface area contributed by atoms with Crippen LogP contribution < -0.4 is 4.72 Å². The van der Waals surface area contributed by atoms with E-state index in [4.69, 9.17) is 5.11 Å². The Bertz CT molecular complexity index is 491. The van der Waals surface area contributed by atoms with Crippen LogP contribution in [0.3, 0.4) is 0 Å². The number of hydrogen-bond acceptors (Lipinski definition) is 4. The summed E-state index contributed by atoms with van der Waals surface area (Å²) in [6.45, 7) is 8.22. The molecule has 18 heavy (non-hydrogen) atoms. The number of hydrogen-bond donors (Lipinski definition) is 2. The Balaban J connectivity index is 2.83. The van der Waals surface area contributed by atoms with Gasteiger partial charge in [0.05, 0.1) is 11.5 Å². The monoisotopic (exact) mass is 291 g/mol. The molecular weight excluding hydrogens is 270 g/mol. The van der Waals surface area contributed by atoms with E-state index in [2.05, 4.69) is 18.6 Å². The first-order valence-corrected chi connectivity index (χ1v) is 8.27. The van der Waals surface area contributed by atoms with Crippen molar-refractivity contribution in [3.05, 3.63) is 15.8 Å². The number of thiophene rings is 1. The summed E-state index contributed by atoms with van der Waals surface area (Å²) >= 11 is 1.31. The summed E-state index contributed by atoms with van der Waals surface area (Å²) in [5, 5.41) is 9.03. The Morgan fingerprint density at radius 3 is 2.44 bits per heavy atom. The molecule has 1 heterocycles. The maximum absolute atomic E-state index is 12.1. The molecule has 0 fully saturated rings. The van der Waals surface area contributed by atoms with Crippen molar-refractivity contribution < 1.29 is 13.5 Å².